The molecule has 0 aliphatic carbocycles. The molecule has 14 heteroatoms. The topological polar surface area (TPSA) is 165 Å². The Balaban J connectivity index is 0.856. The second-order valence-corrected chi connectivity index (χ2v) is 16.1. The van der Waals surface area contributed by atoms with Crippen molar-refractivity contribution >= 4 is 45.5 Å². The molecule has 3 aromatic heterocycles. The molecule has 3 saturated heterocycles. The van der Waals surface area contributed by atoms with Crippen LogP contribution in [0.1, 0.15) is 60.1 Å². The van der Waals surface area contributed by atoms with Crippen LogP contribution in [0.3, 0.4) is 0 Å². The molecule has 4 unspecified atom stereocenters. The fourth-order valence-corrected chi connectivity index (χ4v) is 9.83. The van der Waals surface area contributed by atoms with Gasteiger partial charge in [0.25, 0.3) is 0 Å². The number of aliphatic hydroxyl groups is 2. The number of aliphatic hydroxyl groups excluding tert-OH is 1. The lowest BCUT2D eigenvalue weighted by Crippen LogP contribution is -2.64. The number of fused-ring (bicyclic) bond motifs is 6. The number of nitrogens with zero attached hydrogens (tertiary/aromatic N) is 2. The zero-order valence-corrected chi connectivity index (χ0v) is 30.3. The summed E-state index contributed by atoms with van der Waals surface area (Å²) >= 11 is 2.67. The number of ether oxygens (including phenoxy) is 2. The molecule has 0 spiro atoms. The smallest absolute Gasteiger partial charge is 0.349 e. The number of piperidine rings is 1. The maximum absolute atomic E-state index is 13.6. The van der Waals surface area contributed by atoms with Crippen LogP contribution < -0.4 is 10.9 Å². The van der Waals surface area contributed by atoms with Crippen molar-refractivity contribution in [3.05, 3.63) is 85.0 Å². The zero-order chi connectivity index (χ0) is 35.9. The van der Waals surface area contributed by atoms with E-state index in [0.717, 1.165) is 30.3 Å². The highest BCUT2D eigenvalue weighted by atomic mass is 32.1. The van der Waals surface area contributed by atoms with Crippen LogP contribution in [0.25, 0.3) is 10.9 Å². The Bertz CT molecular complexity index is 1860. The first-order valence-corrected chi connectivity index (χ1v) is 19.3. The number of phenolic OH excluding ortho intramolecular Hbond substituents is 1. The number of carbonyl (C=O) groups is 2. The average Bonchev–Trinajstić information content (AvgIpc) is 3.41. The molecule has 0 radical (unpaired) electrons. The lowest BCUT2D eigenvalue weighted by atomic mass is 9.94. The first kappa shape index (κ1) is 35.8. The monoisotopic (exact) mass is 737 g/mol. The number of likely N-dealkylation sites (N-methyl/N-ethyl adjacent to an activating group) is 2. The third-order valence-electron chi connectivity index (χ3n) is 11.1. The predicted molar refractivity (Wildman–Crippen MR) is 193 cm³/mol. The number of quaternary nitrogens is 1. The summed E-state index contributed by atoms with van der Waals surface area (Å²) in [6.07, 6.45) is 3.02. The van der Waals surface area contributed by atoms with E-state index >= 15 is 0 Å². The number of epoxide rings is 1. The number of rotatable bonds is 15. The number of thiophene rings is 2. The Morgan fingerprint density at radius 3 is 2.39 bits per heavy atom. The van der Waals surface area contributed by atoms with Crippen LogP contribution in [0.4, 0.5) is 0 Å². The van der Waals surface area contributed by atoms with E-state index in [2.05, 4.69) is 17.3 Å². The average molecular weight is 738 g/mol. The normalized spacial score (nSPS) is 25.8. The number of aromatic nitrogens is 1. The van der Waals surface area contributed by atoms with Crippen LogP contribution in [0.5, 0.6) is 5.75 Å². The SMILES string of the molecule is CN(CC[N+]1(C)C2CC(OC(=O)C(O)(c3cccs3)c3cccs3)CC1C1OC12)C(=O)CCCCCN[C@H](O)c1ccc(O)c2[nH]c(=O)ccc12. The molecule has 51 heavy (non-hydrogen) atoms. The van der Waals surface area contributed by atoms with E-state index in [0.29, 0.717) is 53.1 Å². The first-order chi connectivity index (χ1) is 24.5. The number of aromatic hydroxyl groups is 1. The van der Waals surface area contributed by atoms with Gasteiger partial charge in [-0.2, -0.15) is 0 Å². The van der Waals surface area contributed by atoms with Crippen molar-refractivity contribution in [2.24, 2.45) is 0 Å². The number of aromatic amines is 1. The molecule has 272 valence electrons. The van der Waals surface area contributed by atoms with Gasteiger partial charge in [0.15, 0.2) is 0 Å². The first-order valence-electron chi connectivity index (χ1n) is 17.5. The van der Waals surface area contributed by atoms with E-state index in [-0.39, 0.29) is 53.1 Å². The molecular weight excluding hydrogens is 693 g/mol. The molecule has 0 saturated carbocycles. The Morgan fingerprint density at radius 2 is 1.75 bits per heavy atom. The van der Waals surface area contributed by atoms with Crippen molar-refractivity contribution < 1.29 is 38.9 Å². The molecule has 4 aromatic rings. The van der Waals surface area contributed by atoms with Crippen LogP contribution in [-0.2, 0) is 24.7 Å². The minimum Gasteiger partial charge on any atom is -0.506 e. The van der Waals surface area contributed by atoms with Gasteiger partial charge in [0, 0.05) is 43.3 Å². The molecule has 3 aliphatic heterocycles. The predicted octanol–water partition coefficient (Wildman–Crippen LogP) is 3.56. The maximum atomic E-state index is 13.6. The van der Waals surface area contributed by atoms with Gasteiger partial charge in [0.2, 0.25) is 17.1 Å². The van der Waals surface area contributed by atoms with Crippen molar-refractivity contribution in [3.63, 3.8) is 0 Å². The van der Waals surface area contributed by atoms with Crippen LogP contribution >= 0.6 is 22.7 Å². The van der Waals surface area contributed by atoms with Gasteiger partial charge in [-0.1, -0.05) is 24.6 Å². The summed E-state index contributed by atoms with van der Waals surface area (Å²) in [5.74, 6) is -0.595. The Labute approximate surface area is 303 Å². The molecule has 1 amide bonds. The number of phenols is 1. The highest BCUT2D eigenvalue weighted by Gasteiger charge is 2.72. The number of hydrogen-bond acceptors (Lipinski definition) is 11. The Morgan fingerprint density at radius 1 is 1.06 bits per heavy atom. The molecule has 5 atom stereocenters. The van der Waals surface area contributed by atoms with E-state index in [1.807, 2.05) is 34.8 Å². The van der Waals surface area contributed by atoms with Gasteiger partial charge < -0.3 is 39.2 Å². The van der Waals surface area contributed by atoms with Gasteiger partial charge in [-0.3, -0.25) is 14.9 Å². The molecule has 6 heterocycles. The maximum Gasteiger partial charge on any atom is 0.349 e. The van der Waals surface area contributed by atoms with Crippen molar-refractivity contribution in [2.75, 3.05) is 33.7 Å². The van der Waals surface area contributed by atoms with Gasteiger partial charge >= 0.3 is 5.97 Å². The second kappa shape index (κ2) is 14.4. The largest absolute Gasteiger partial charge is 0.506 e. The van der Waals surface area contributed by atoms with Gasteiger partial charge in [-0.05, 0) is 54.4 Å². The number of unbranched alkanes of at least 4 members (excludes halogenated alkanes) is 2. The lowest BCUT2D eigenvalue weighted by molar-refractivity contribution is -0.955. The van der Waals surface area contributed by atoms with E-state index in [1.54, 1.807) is 24.3 Å². The number of benzene rings is 1. The van der Waals surface area contributed by atoms with Crippen molar-refractivity contribution in [1.82, 2.24) is 15.2 Å². The molecular formula is C37H45N4O8S2+. The minimum atomic E-state index is -1.83. The van der Waals surface area contributed by atoms with Crippen LogP contribution in [0, 0.1) is 0 Å². The van der Waals surface area contributed by atoms with Gasteiger partial charge in [-0.15, -0.1) is 22.7 Å². The summed E-state index contributed by atoms with van der Waals surface area (Å²) in [4.78, 5) is 43.9. The zero-order valence-electron chi connectivity index (χ0n) is 28.7. The van der Waals surface area contributed by atoms with Crippen LogP contribution in [-0.4, -0.2) is 106 Å². The van der Waals surface area contributed by atoms with E-state index in [1.165, 1.54) is 34.8 Å². The second-order valence-electron chi connectivity index (χ2n) is 14.2. The molecule has 2 bridgehead atoms. The van der Waals surface area contributed by atoms with E-state index in [4.69, 9.17) is 9.47 Å². The third kappa shape index (κ3) is 6.86. The van der Waals surface area contributed by atoms with Crippen molar-refractivity contribution in [3.8, 4) is 5.75 Å². The highest BCUT2D eigenvalue weighted by Crippen LogP contribution is 2.53. The van der Waals surface area contributed by atoms with Gasteiger partial charge in [0.1, 0.15) is 42.4 Å². The summed E-state index contributed by atoms with van der Waals surface area (Å²) in [6, 6.07) is 13.5. The van der Waals surface area contributed by atoms with E-state index in [9.17, 15) is 29.7 Å². The Kier molecular flexibility index (Phi) is 10.1. The summed E-state index contributed by atoms with van der Waals surface area (Å²) < 4.78 is 12.9. The number of hydrogen-bond donors (Lipinski definition) is 5. The quantitative estimate of drug-likeness (QED) is 0.0404. The standard InChI is InChI=1S/C37H44N4O8S2/c1-40(31(44)10-4-3-5-15-38-35(45)24-11-13-27(42)32-23(24)12-14-30(43)39-32)16-17-41(2)25-20-22(21-26(41)34-33(25)49-34)48-36(46)37(47,28-8-6-18-50-28)29-9-7-19-51-29/h6-9,11-14,18-19,22,25-26,33-35,38,45,47H,3-5,10,15-17,20-21H2,1-2H3,(H-,39,42,43)/p+1/t22?,25?,26?,33?,34?,35-,41?/m1/s1. The molecule has 3 fully saturated rings. The fourth-order valence-electron chi connectivity index (χ4n) is 8.12. The molecule has 7 rings (SSSR count). The lowest BCUT2D eigenvalue weighted by Gasteiger charge is -2.48. The number of pyridine rings is 1. The Hall–Kier alpha value is -3.63. The van der Waals surface area contributed by atoms with Gasteiger partial charge in [0.05, 0.1) is 35.4 Å². The van der Waals surface area contributed by atoms with E-state index < -0.39 is 17.8 Å². The molecule has 3 aliphatic rings. The van der Waals surface area contributed by atoms with Crippen LogP contribution in [0.15, 0.2) is 64.1 Å². The molecule has 1 aromatic carbocycles. The highest BCUT2D eigenvalue weighted by molar-refractivity contribution is 7.12. The number of morpholine rings is 1. The molecule has 12 nitrogen and oxygen atoms in total. The third-order valence-corrected chi connectivity index (χ3v) is 13.1. The molecule has 5 N–H and O–H groups in total. The number of nitrogens with one attached hydrogen (secondary N) is 2. The van der Waals surface area contributed by atoms with Crippen LogP contribution in [0.2, 0.25) is 0 Å². The number of carbonyl (C=O) groups excluding carboxylic acids is 2. The number of amides is 1. The summed E-state index contributed by atoms with van der Waals surface area (Å²) in [7, 11) is 4.09. The van der Waals surface area contributed by atoms with Crippen molar-refractivity contribution in [1.29, 1.82) is 0 Å². The minimum absolute atomic E-state index is 0.0559. The summed E-state index contributed by atoms with van der Waals surface area (Å²) in [6.45, 7) is 1.94. The summed E-state index contributed by atoms with van der Waals surface area (Å²) in [5.41, 5.74) is -1.31. The number of H-pyrrole nitrogens is 1. The summed E-state index contributed by atoms with van der Waals surface area (Å²) in [5, 5.41) is 39.9. The number of esters is 1. The van der Waals surface area contributed by atoms with Crippen molar-refractivity contribution in [2.45, 2.75) is 80.7 Å². The van der Waals surface area contributed by atoms with Gasteiger partial charge in [-0.25, -0.2) is 4.79 Å². The fraction of sp³-hybridized carbons (Fsp3) is 0.486.